The van der Waals surface area contributed by atoms with E-state index in [1.54, 1.807) is 4.90 Å². The minimum atomic E-state index is -0.122. The van der Waals surface area contributed by atoms with Crippen LogP contribution in [-0.2, 0) is 11.2 Å². The molecule has 0 aliphatic carbocycles. The van der Waals surface area contributed by atoms with Gasteiger partial charge in [0.05, 0.1) is 10.8 Å². The van der Waals surface area contributed by atoms with Crippen molar-refractivity contribution in [2.75, 3.05) is 19.6 Å². The molecule has 1 saturated heterocycles. The zero-order valence-corrected chi connectivity index (χ0v) is 15.5. The van der Waals surface area contributed by atoms with Gasteiger partial charge in [0, 0.05) is 24.7 Å². The summed E-state index contributed by atoms with van der Waals surface area (Å²) in [5, 5.41) is 5.62. The Balaban J connectivity index is 1.48. The Kier molecular flexibility index (Phi) is 6.10. The van der Waals surface area contributed by atoms with E-state index in [1.807, 2.05) is 41.8 Å². The Morgan fingerprint density at radius 2 is 2.04 bits per heavy atom. The summed E-state index contributed by atoms with van der Waals surface area (Å²) in [6.45, 7) is 1.82. The van der Waals surface area contributed by atoms with Gasteiger partial charge in [0.1, 0.15) is 0 Å². The summed E-state index contributed by atoms with van der Waals surface area (Å²) >= 11 is 7.32. The van der Waals surface area contributed by atoms with Gasteiger partial charge in [-0.15, -0.1) is 11.3 Å². The summed E-state index contributed by atoms with van der Waals surface area (Å²) in [6.07, 6.45) is 2.47. The van der Waals surface area contributed by atoms with Crippen molar-refractivity contribution in [2.45, 2.75) is 19.3 Å². The lowest BCUT2D eigenvalue weighted by molar-refractivity contribution is -0.126. The molecular weight excluding hydrogens is 356 g/mol. The van der Waals surface area contributed by atoms with E-state index < -0.39 is 0 Å². The lowest BCUT2D eigenvalue weighted by Gasteiger charge is -2.31. The fraction of sp³-hybridized carbons (Fsp3) is 0.368. The molecule has 0 radical (unpaired) electrons. The van der Waals surface area contributed by atoms with E-state index in [0.29, 0.717) is 18.1 Å². The van der Waals surface area contributed by atoms with E-state index >= 15 is 0 Å². The number of piperidine rings is 1. The van der Waals surface area contributed by atoms with Crippen molar-refractivity contribution < 1.29 is 9.59 Å². The number of carbonyl (C=O) groups is 2. The third-order valence-corrected chi connectivity index (χ3v) is 5.55. The largest absolute Gasteiger partial charge is 0.355 e. The highest BCUT2D eigenvalue weighted by atomic mass is 35.5. The van der Waals surface area contributed by atoms with Gasteiger partial charge in [0.25, 0.3) is 5.91 Å². The van der Waals surface area contributed by atoms with Crippen LogP contribution in [0.4, 0.5) is 0 Å². The molecule has 25 heavy (non-hydrogen) atoms. The number of likely N-dealkylation sites (tertiary alicyclic amines) is 1. The van der Waals surface area contributed by atoms with Crippen LogP contribution in [-0.4, -0.2) is 36.3 Å². The van der Waals surface area contributed by atoms with Gasteiger partial charge >= 0.3 is 0 Å². The molecule has 3 rings (SSSR count). The highest BCUT2D eigenvalue weighted by Gasteiger charge is 2.29. The predicted octanol–water partition coefficient (Wildman–Crippen LogP) is 3.61. The van der Waals surface area contributed by atoms with Crippen molar-refractivity contribution in [1.82, 2.24) is 10.2 Å². The van der Waals surface area contributed by atoms with E-state index in [2.05, 4.69) is 5.32 Å². The quantitative estimate of drug-likeness (QED) is 0.866. The van der Waals surface area contributed by atoms with Gasteiger partial charge in [-0.25, -0.2) is 0 Å². The van der Waals surface area contributed by atoms with E-state index in [1.165, 1.54) is 11.3 Å². The average molecular weight is 377 g/mol. The number of benzene rings is 1. The topological polar surface area (TPSA) is 49.4 Å². The van der Waals surface area contributed by atoms with Gasteiger partial charge in [-0.1, -0.05) is 29.8 Å². The van der Waals surface area contributed by atoms with Crippen molar-refractivity contribution in [3.05, 3.63) is 57.2 Å². The molecule has 1 aliphatic heterocycles. The van der Waals surface area contributed by atoms with E-state index in [-0.39, 0.29) is 17.7 Å². The molecule has 2 amide bonds. The van der Waals surface area contributed by atoms with Crippen LogP contribution >= 0.6 is 22.9 Å². The molecule has 0 unspecified atom stereocenters. The van der Waals surface area contributed by atoms with Crippen LogP contribution in [0.25, 0.3) is 0 Å². The molecule has 132 valence electrons. The van der Waals surface area contributed by atoms with Crippen LogP contribution in [0.15, 0.2) is 41.8 Å². The van der Waals surface area contributed by atoms with Gasteiger partial charge in [-0.05, 0) is 48.4 Å². The van der Waals surface area contributed by atoms with Crippen molar-refractivity contribution in [3.63, 3.8) is 0 Å². The number of nitrogens with one attached hydrogen (secondary N) is 1. The Labute approximate surface area is 156 Å². The number of halogens is 1. The monoisotopic (exact) mass is 376 g/mol. The fourth-order valence-corrected chi connectivity index (χ4v) is 3.87. The molecule has 0 bridgehead atoms. The highest BCUT2D eigenvalue weighted by Crippen LogP contribution is 2.20. The molecule has 1 fully saturated rings. The lowest BCUT2D eigenvalue weighted by Crippen LogP contribution is -2.45. The van der Waals surface area contributed by atoms with Crippen LogP contribution in [0.3, 0.4) is 0 Å². The Morgan fingerprint density at radius 1 is 1.24 bits per heavy atom. The summed E-state index contributed by atoms with van der Waals surface area (Å²) in [7, 11) is 0. The van der Waals surface area contributed by atoms with Crippen molar-refractivity contribution in [2.24, 2.45) is 5.92 Å². The first-order valence-electron chi connectivity index (χ1n) is 8.48. The van der Waals surface area contributed by atoms with Crippen LogP contribution in [0.5, 0.6) is 0 Å². The summed E-state index contributed by atoms with van der Waals surface area (Å²) in [4.78, 5) is 27.4. The van der Waals surface area contributed by atoms with Crippen molar-refractivity contribution in [1.29, 1.82) is 0 Å². The Morgan fingerprint density at radius 3 is 2.76 bits per heavy atom. The number of thiophene rings is 1. The van der Waals surface area contributed by atoms with Crippen LogP contribution in [0, 0.1) is 5.92 Å². The zero-order valence-electron chi connectivity index (χ0n) is 13.9. The first-order valence-corrected chi connectivity index (χ1v) is 9.74. The third-order valence-electron chi connectivity index (χ3n) is 4.44. The second-order valence-electron chi connectivity index (χ2n) is 6.24. The maximum absolute atomic E-state index is 12.4. The molecule has 1 atom stereocenters. The molecule has 1 aromatic carbocycles. The first kappa shape index (κ1) is 18.0. The normalized spacial score (nSPS) is 17.3. The molecule has 2 aromatic rings. The molecule has 4 nitrogen and oxygen atoms in total. The van der Waals surface area contributed by atoms with Crippen LogP contribution < -0.4 is 5.32 Å². The predicted molar refractivity (Wildman–Crippen MR) is 101 cm³/mol. The van der Waals surface area contributed by atoms with Gasteiger partial charge in [-0.3, -0.25) is 9.59 Å². The minimum absolute atomic E-state index is 0.0358. The standard InChI is InChI=1S/C19H21ClN2O2S/c20-16-7-5-14(6-8-16)9-10-21-18(23)15-3-1-11-22(13-15)19(24)17-4-2-12-25-17/h2,4-8,12,15H,1,3,9-11,13H2,(H,21,23)/t15-/m0/s1. The minimum Gasteiger partial charge on any atom is -0.355 e. The number of carbonyl (C=O) groups excluding carboxylic acids is 2. The fourth-order valence-electron chi connectivity index (χ4n) is 3.06. The summed E-state index contributed by atoms with van der Waals surface area (Å²) in [5.41, 5.74) is 1.14. The van der Waals surface area contributed by atoms with Gasteiger partial charge in [0.2, 0.25) is 5.91 Å². The molecule has 1 aromatic heterocycles. The van der Waals surface area contributed by atoms with E-state index in [4.69, 9.17) is 11.6 Å². The molecule has 6 heteroatoms. The summed E-state index contributed by atoms with van der Waals surface area (Å²) in [6, 6.07) is 11.4. The number of nitrogens with zero attached hydrogens (tertiary/aromatic N) is 1. The van der Waals surface area contributed by atoms with Crippen molar-refractivity contribution >= 4 is 34.8 Å². The van der Waals surface area contributed by atoms with Gasteiger partial charge in [0.15, 0.2) is 0 Å². The number of hydrogen-bond donors (Lipinski definition) is 1. The number of rotatable bonds is 5. The smallest absolute Gasteiger partial charge is 0.263 e. The maximum atomic E-state index is 12.4. The Hall–Kier alpha value is -1.85. The molecule has 0 spiro atoms. The van der Waals surface area contributed by atoms with Crippen LogP contribution in [0.1, 0.15) is 28.1 Å². The first-order chi connectivity index (χ1) is 12.1. The molecule has 2 heterocycles. The molecule has 0 saturated carbocycles. The van der Waals surface area contributed by atoms with Crippen molar-refractivity contribution in [3.8, 4) is 0 Å². The number of hydrogen-bond acceptors (Lipinski definition) is 3. The van der Waals surface area contributed by atoms with Gasteiger partial charge < -0.3 is 10.2 Å². The second-order valence-corrected chi connectivity index (χ2v) is 7.62. The van der Waals surface area contributed by atoms with Crippen LogP contribution in [0.2, 0.25) is 5.02 Å². The maximum Gasteiger partial charge on any atom is 0.263 e. The molecular formula is C19H21ClN2O2S. The Bertz CT molecular complexity index is 716. The number of amides is 2. The lowest BCUT2D eigenvalue weighted by atomic mass is 9.97. The summed E-state index contributed by atoms with van der Waals surface area (Å²) in [5.74, 6) is -0.0470. The van der Waals surface area contributed by atoms with E-state index in [9.17, 15) is 9.59 Å². The molecule has 1 N–H and O–H groups in total. The average Bonchev–Trinajstić information content (AvgIpc) is 3.17. The second kappa shape index (κ2) is 8.50. The third kappa shape index (κ3) is 4.83. The zero-order chi connectivity index (χ0) is 17.6. The molecule has 1 aliphatic rings. The summed E-state index contributed by atoms with van der Waals surface area (Å²) < 4.78 is 0. The SMILES string of the molecule is O=C(NCCc1ccc(Cl)cc1)[C@H]1CCCN(C(=O)c2cccs2)C1. The van der Waals surface area contributed by atoms with Gasteiger partial charge in [-0.2, -0.15) is 0 Å². The highest BCUT2D eigenvalue weighted by molar-refractivity contribution is 7.12. The van der Waals surface area contributed by atoms with E-state index in [0.717, 1.165) is 36.2 Å².